The summed E-state index contributed by atoms with van der Waals surface area (Å²) in [5, 5.41) is 13.5. The lowest BCUT2D eigenvalue weighted by molar-refractivity contribution is 0.0473. The van der Waals surface area contributed by atoms with E-state index in [1.807, 2.05) is 6.92 Å². The fourth-order valence-corrected chi connectivity index (χ4v) is 2.54. The zero-order chi connectivity index (χ0) is 12.0. The van der Waals surface area contributed by atoms with Crippen molar-refractivity contribution in [2.45, 2.75) is 57.6 Å². The molecule has 0 spiro atoms. The molecular weight excluding hydrogens is 200 g/mol. The summed E-state index contributed by atoms with van der Waals surface area (Å²) in [5.74, 6) is 0. The molecule has 0 aromatic heterocycles. The predicted octanol–water partition coefficient (Wildman–Crippen LogP) is 1.61. The van der Waals surface area contributed by atoms with Gasteiger partial charge in [-0.1, -0.05) is 19.8 Å². The SMILES string of the molecule is CCCC(C)(O)CNCC1CCCCN1C. The summed E-state index contributed by atoms with van der Waals surface area (Å²) in [6, 6.07) is 0.658. The van der Waals surface area contributed by atoms with Crippen molar-refractivity contribution in [1.82, 2.24) is 10.2 Å². The zero-order valence-electron chi connectivity index (χ0n) is 11.1. The fourth-order valence-electron chi connectivity index (χ4n) is 2.54. The summed E-state index contributed by atoms with van der Waals surface area (Å²) in [6.45, 7) is 6.98. The minimum absolute atomic E-state index is 0.540. The highest BCUT2D eigenvalue weighted by Gasteiger charge is 2.21. The number of likely N-dealkylation sites (tertiary alicyclic amines) is 1. The summed E-state index contributed by atoms with van der Waals surface area (Å²) < 4.78 is 0. The maximum absolute atomic E-state index is 10.0. The number of hydrogen-bond donors (Lipinski definition) is 2. The zero-order valence-corrected chi connectivity index (χ0v) is 11.1. The van der Waals surface area contributed by atoms with Gasteiger partial charge in [-0.15, -0.1) is 0 Å². The second-order valence-electron chi connectivity index (χ2n) is 5.51. The van der Waals surface area contributed by atoms with Crippen LogP contribution in [0.25, 0.3) is 0 Å². The normalized spacial score (nSPS) is 26.6. The molecule has 1 aliphatic rings. The van der Waals surface area contributed by atoms with E-state index in [1.165, 1.54) is 25.8 Å². The Labute approximate surface area is 100 Å². The number of rotatable bonds is 6. The Morgan fingerprint density at radius 1 is 1.44 bits per heavy atom. The van der Waals surface area contributed by atoms with Gasteiger partial charge < -0.3 is 15.3 Å². The second kappa shape index (κ2) is 6.58. The van der Waals surface area contributed by atoms with Crippen molar-refractivity contribution in [2.75, 3.05) is 26.7 Å². The molecule has 1 saturated heterocycles. The molecule has 1 rings (SSSR count). The molecule has 2 atom stereocenters. The van der Waals surface area contributed by atoms with E-state index in [4.69, 9.17) is 0 Å². The molecule has 1 aliphatic heterocycles. The number of nitrogens with one attached hydrogen (secondary N) is 1. The average molecular weight is 228 g/mol. The number of nitrogens with zero attached hydrogens (tertiary/aromatic N) is 1. The monoisotopic (exact) mass is 228 g/mol. The van der Waals surface area contributed by atoms with Crippen LogP contribution in [0.2, 0.25) is 0 Å². The highest BCUT2D eigenvalue weighted by Crippen LogP contribution is 2.15. The van der Waals surface area contributed by atoms with E-state index in [-0.39, 0.29) is 0 Å². The Hall–Kier alpha value is -0.120. The van der Waals surface area contributed by atoms with Crippen molar-refractivity contribution in [1.29, 1.82) is 0 Å². The number of piperidine rings is 1. The average Bonchev–Trinajstić information content (AvgIpc) is 2.20. The molecule has 0 bridgehead atoms. The van der Waals surface area contributed by atoms with Gasteiger partial charge in [0.05, 0.1) is 5.60 Å². The van der Waals surface area contributed by atoms with Crippen molar-refractivity contribution in [3.05, 3.63) is 0 Å². The topological polar surface area (TPSA) is 35.5 Å². The van der Waals surface area contributed by atoms with Crippen molar-refractivity contribution >= 4 is 0 Å². The molecule has 96 valence electrons. The van der Waals surface area contributed by atoms with Crippen molar-refractivity contribution in [3.8, 4) is 0 Å². The molecule has 0 saturated carbocycles. The molecule has 2 unspecified atom stereocenters. The van der Waals surface area contributed by atoms with Gasteiger partial charge in [-0.3, -0.25) is 0 Å². The van der Waals surface area contributed by atoms with Gasteiger partial charge >= 0.3 is 0 Å². The third kappa shape index (κ3) is 4.81. The molecule has 16 heavy (non-hydrogen) atoms. The van der Waals surface area contributed by atoms with Crippen LogP contribution in [-0.2, 0) is 0 Å². The summed E-state index contributed by atoms with van der Waals surface area (Å²) >= 11 is 0. The molecule has 0 amide bonds. The standard InChI is InChI=1S/C13H28N2O/c1-4-8-13(2,16)11-14-10-12-7-5-6-9-15(12)3/h12,14,16H,4-11H2,1-3H3. The van der Waals surface area contributed by atoms with Crippen LogP contribution in [0.15, 0.2) is 0 Å². The van der Waals surface area contributed by atoms with Crippen molar-refractivity contribution in [3.63, 3.8) is 0 Å². The van der Waals surface area contributed by atoms with Gasteiger partial charge in [0.15, 0.2) is 0 Å². The molecule has 0 radical (unpaired) electrons. The molecule has 3 nitrogen and oxygen atoms in total. The van der Waals surface area contributed by atoms with Crippen molar-refractivity contribution < 1.29 is 5.11 Å². The van der Waals surface area contributed by atoms with Crippen LogP contribution in [0.1, 0.15) is 46.0 Å². The minimum Gasteiger partial charge on any atom is -0.389 e. The third-order valence-electron chi connectivity index (χ3n) is 3.60. The second-order valence-corrected chi connectivity index (χ2v) is 5.51. The van der Waals surface area contributed by atoms with Gasteiger partial charge in [-0.2, -0.15) is 0 Å². The van der Waals surface area contributed by atoms with E-state index < -0.39 is 5.60 Å². The third-order valence-corrected chi connectivity index (χ3v) is 3.60. The molecule has 2 N–H and O–H groups in total. The van der Waals surface area contributed by atoms with Crippen molar-refractivity contribution in [2.24, 2.45) is 0 Å². The van der Waals surface area contributed by atoms with Crippen LogP contribution in [0, 0.1) is 0 Å². The quantitative estimate of drug-likeness (QED) is 0.725. The summed E-state index contributed by atoms with van der Waals surface area (Å²) in [6.07, 6.45) is 5.89. The highest BCUT2D eigenvalue weighted by atomic mass is 16.3. The van der Waals surface area contributed by atoms with Crippen LogP contribution in [0.4, 0.5) is 0 Å². The Morgan fingerprint density at radius 2 is 2.19 bits per heavy atom. The van der Waals surface area contributed by atoms with Gasteiger partial charge in [-0.25, -0.2) is 0 Å². The maximum Gasteiger partial charge on any atom is 0.0743 e. The Bertz CT molecular complexity index is 194. The minimum atomic E-state index is -0.540. The lowest BCUT2D eigenvalue weighted by Crippen LogP contribution is -2.46. The molecule has 0 aromatic rings. The van der Waals surface area contributed by atoms with Gasteiger partial charge in [0.25, 0.3) is 0 Å². The Balaban J connectivity index is 2.18. The van der Waals surface area contributed by atoms with Gasteiger partial charge in [0, 0.05) is 19.1 Å². The van der Waals surface area contributed by atoms with Crippen LogP contribution in [-0.4, -0.2) is 48.3 Å². The molecule has 0 aliphatic carbocycles. The summed E-state index contributed by atoms with van der Waals surface area (Å²) in [5.41, 5.74) is -0.540. The van der Waals surface area contributed by atoms with E-state index >= 15 is 0 Å². The molecule has 0 aromatic carbocycles. The molecule has 3 heteroatoms. The van der Waals surface area contributed by atoms with E-state index in [1.54, 1.807) is 0 Å². The number of likely N-dealkylation sites (N-methyl/N-ethyl adjacent to an activating group) is 1. The van der Waals surface area contributed by atoms with Crippen LogP contribution in [0.3, 0.4) is 0 Å². The maximum atomic E-state index is 10.0. The van der Waals surface area contributed by atoms with E-state index in [2.05, 4.69) is 24.2 Å². The van der Waals surface area contributed by atoms with Crippen LogP contribution >= 0.6 is 0 Å². The van der Waals surface area contributed by atoms with E-state index in [0.717, 1.165) is 19.4 Å². The first kappa shape index (κ1) is 13.9. The van der Waals surface area contributed by atoms with E-state index in [9.17, 15) is 5.11 Å². The molecular formula is C13H28N2O. The lowest BCUT2D eigenvalue weighted by Gasteiger charge is -2.33. The largest absolute Gasteiger partial charge is 0.389 e. The highest BCUT2D eigenvalue weighted by molar-refractivity contribution is 4.80. The van der Waals surface area contributed by atoms with Gasteiger partial charge in [0.2, 0.25) is 0 Å². The first-order valence-corrected chi connectivity index (χ1v) is 6.68. The first-order chi connectivity index (χ1) is 7.55. The van der Waals surface area contributed by atoms with Crippen LogP contribution in [0.5, 0.6) is 0 Å². The Morgan fingerprint density at radius 3 is 2.81 bits per heavy atom. The van der Waals surface area contributed by atoms with Gasteiger partial charge in [0.1, 0.15) is 0 Å². The summed E-state index contributed by atoms with van der Waals surface area (Å²) in [4.78, 5) is 2.44. The molecule has 1 fully saturated rings. The lowest BCUT2D eigenvalue weighted by atomic mass is 9.99. The summed E-state index contributed by atoms with van der Waals surface area (Å²) in [7, 11) is 2.20. The Kier molecular flexibility index (Phi) is 5.73. The van der Waals surface area contributed by atoms with Crippen LogP contribution < -0.4 is 5.32 Å². The smallest absolute Gasteiger partial charge is 0.0743 e. The number of hydrogen-bond acceptors (Lipinski definition) is 3. The number of aliphatic hydroxyl groups is 1. The predicted molar refractivity (Wildman–Crippen MR) is 68.7 cm³/mol. The first-order valence-electron chi connectivity index (χ1n) is 6.68. The molecule has 1 heterocycles. The van der Waals surface area contributed by atoms with Gasteiger partial charge in [-0.05, 0) is 39.8 Å². The van der Waals surface area contributed by atoms with E-state index in [0.29, 0.717) is 12.6 Å². The fraction of sp³-hybridized carbons (Fsp3) is 1.00.